The zero-order chi connectivity index (χ0) is 40.1. The first-order valence-corrected chi connectivity index (χ1v) is 22.4. The smallest absolute Gasteiger partial charge is 0.294 e. The zero-order valence-electron chi connectivity index (χ0n) is 31.0. The van der Waals surface area contributed by atoms with Crippen LogP contribution in [-0.2, 0) is 46.0 Å². The second-order valence-corrected chi connectivity index (χ2v) is 19.1. The minimum atomic E-state index is -4.48. The largest absolute Gasteiger partial charge is 0.344 e. The normalized spacial score (nSPS) is 19.3. The van der Waals surface area contributed by atoms with E-state index in [4.69, 9.17) is 5.84 Å². The van der Waals surface area contributed by atoms with Gasteiger partial charge < -0.3 is 4.90 Å². The van der Waals surface area contributed by atoms with E-state index < -0.39 is 46.9 Å². The lowest BCUT2D eigenvalue weighted by molar-refractivity contribution is -0.437. The van der Waals surface area contributed by atoms with Gasteiger partial charge in [-0.2, -0.15) is 29.8 Å². The van der Waals surface area contributed by atoms with Gasteiger partial charge in [-0.1, -0.05) is 48.8 Å². The van der Waals surface area contributed by atoms with Crippen molar-refractivity contribution < 1.29 is 48.3 Å². The van der Waals surface area contributed by atoms with Gasteiger partial charge in [0.05, 0.1) is 21.8 Å². The molecule has 0 bridgehead atoms. The molecule has 2 aliphatic rings. The first-order chi connectivity index (χ1) is 25.1. The van der Waals surface area contributed by atoms with Gasteiger partial charge in [0.1, 0.15) is 6.54 Å². The van der Waals surface area contributed by atoms with E-state index in [0.717, 1.165) is 47.5 Å². The molecule has 2 heterocycles. The maximum Gasteiger partial charge on any atom is 0.294 e. The van der Waals surface area contributed by atoms with Crippen molar-refractivity contribution in [2.24, 2.45) is 5.84 Å². The van der Waals surface area contributed by atoms with Gasteiger partial charge >= 0.3 is 0 Å². The number of carbonyl (C=O) groups is 1. The van der Waals surface area contributed by atoms with Crippen LogP contribution in [0.3, 0.4) is 0 Å². The first kappa shape index (κ1) is 43.0. The summed E-state index contributed by atoms with van der Waals surface area (Å²) in [6.45, 7) is 8.49. The van der Waals surface area contributed by atoms with Crippen molar-refractivity contribution in [3.63, 3.8) is 0 Å². The molecule has 0 saturated heterocycles. The molecule has 1 atom stereocenters. The van der Waals surface area contributed by atoms with Crippen LogP contribution in [0.25, 0.3) is 0 Å². The van der Waals surface area contributed by atoms with Gasteiger partial charge in [0, 0.05) is 53.9 Å². The van der Waals surface area contributed by atoms with E-state index >= 15 is 0 Å². The summed E-state index contributed by atoms with van der Waals surface area (Å²) in [5.41, 5.74) is 6.98. The lowest BCUT2D eigenvalue weighted by Gasteiger charge is -2.30. The minimum Gasteiger partial charge on any atom is -0.344 e. The van der Waals surface area contributed by atoms with E-state index in [1.54, 1.807) is 6.07 Å². The number of allylic oxidation sites excluding steroid dienone is 6. The van der Waals surface area contributed by atoms with Gasteiger partial charge in [0.2, 0.25) is 11.6 Å². The molecular formula is C37H51N4O10S3+. The number of hydrogen-bond acceptors (Lipinski definition) is 9. The molecule has 4 rings (SSSR count). The molecule has 1 unspecified atom stereocenters. The standard InChI is InChI=1S/C37H50N4O10S3/c1-27-16-18-32-30(25-27)37(4,20-10-6-9-15-35(42)39-38)34(41(32)22-12-24-53(46,47)48)14-8-5-7-13-33-36(2,3)29-26-28(54(49,50)51)17-19-31(29)40(33)21-11-23-52(43,44)45/h5,7-8,13-14,16-19,25-26H,6,9-12,15,20-24,38H2,1-4H3,(H3-,39,42,43,44,45,46,47,48,49,50,51)/p+1. The van der Waals surface area contributed by atoms with Crippen molar-refractivity contribution in [3.8, 4) is 0 Å². The molecule has 0 spiro atoms. The summed E-state index contributed by atoms with van der Waals surface area (Å²) in [4.78, 5) is 13.5. The number of amides is 1. The fourth-order valence-electron chi connectivity index (χ4n) is 7.41. The number of nitrogens with one attached hydrogen (secondary N) is 1. The number of hydrazine groups is 1. The van der Waals surface area contributed by atoms with E-state index in [1.165, 1.54) is 12.1 Å². The summed E-state index contributed by atoms with van der Waals surface area (Å²) >= 11 is 0. The average Bonchev–Trinajstić information content (AvgIpc) is 3.41. The lowest BCUT2D eigenvalue weighted by atomic mass is 9.76. The average molecular weight is 808 g/mol. The lowest BCUT2D eigenvalue weighted by Crippen LogP contribution is -2.30. The van der Waals surface area contributed by atoms with Crippen LogP contribution in [0.15, 0.2) is 77.4 Å². The molecule has 2 aromatic carbocycles. The Kier molecular flexibility index (Phi) is 13.5. The fourth-order valence-corrected chi connectivity index (χ4v) is 8.90. The number of nitrogens with two attached hydrogens (primary N) is 1. The number of aryl methyl sites for hydroxylation is 1. The van der Waals surface area contributed by atoms with Gasteiger partial charge in [0.25, 0.3) is 30.4 Å². The number of rotatable bonds is 18. The SMILES string of the molecule is Cc1ccc2c(c1)C(C)(CCCCCC(=O)NN)C(=CC=CC=CC1=[N+](CCCS(=O)(=O)O)c3ccc(S(=O)(=O)O)cc3C1(C)C)N2CCCS(=O)(=O)O. The highest BCUT2D eigenvalue weighted by molar-refractivity contribution is 7.86. The van der Waals surface area contributed by atoms with Crippen molar-refractivity contribution in [3.05, 3.63) is 89.2 Å². The summed E-state index contributed by atoms with van der Waals surface area (Å²) in [6, 6.07) is 10.4. The maximum absolute atomic E-state index is 12.0. The quantitative estimate of drug-likeness (QED) is 0.0258. The van der Waals surface area contributed by atoms with Crippen molar-refractivity contribution in [2.45, 2.75) is 88.4 Å². The van der Waals surface area contributed by atoms with E-state index in [9.17, 15) is 43.7 Å². The molecule has 6 N–H and O–H groups in total. The van der Waals surface area contributed by atoms with Gasteiger partial charge in [0.15, 0.2) is 5.71 Å². The van der Waals surface area contributed by atoms with Gasteiger partial charge in [-0.3, -0.25) is 23.9 Å². The third-order valence-electron chi connectivity index (χ3n) is 10.1. The molecule has 17 heteroatoms. The second kappa shape index (κ2) is 17.0. The van der Waals surface area contributed by atoms with Crippen molar-refractivity contribution in [2.75, 3.05) is 29.5 Å². The summed E-state index contributed by atoms with van der Waals surface area (Å²) in [5.74, 6) is 4.16. The van der Waals surface area contributed by atoms with Crippen LogP contribution in [0.4, 0.5) is 11.4 Å². The predicted molar refractivity (Wildman–Crippen MR) is 209 cm³/mol. The second-order valence-electron chi connectivity index (χ2n) is 14.5. The number of nitrogens with zero attached hydrogens (tertiary/aromatic N) is 2. The van der Waals surface area contributed by atoms with E-state index in [2.05, 4.69) is 23.3 Å². The molecule has 2 aliphatic heterocycles. The van der Waals surface area contributed by atoms with Crippen LogP contribution < -0.4 is 16.2 Å². The molecule has 1 amide bonds. The van der Waals surface area contributed by atoms with Gasteiger partial charge in [-0.05, 0) is 76.8 Å². The van der Waals surface area contributed by atoms with Crippen LogP contribution in [0.5, 0.6) is 0 Å². The Morgan fingerprint density at radius 1 is 0.852 bits per heavy atom. The van der Waals surface area contributed by atoms with E-state index in [-0.39, 0.29) is 35.9 Å². The number of carbonyl (C=O) groups excluding carboxylic acids is 1. The molecule has 0 radical (unpaired) electrons. The molecule has 296 valence electrons. The molecule has 2 aromatic rings. The Balaban J connectivity index is 1.71. The predicted octanol–water partition coefficient (Wildman–Crippen LogP) is 4.89. The molecule has 0 fully saturated rings. The Morgan fingerprint density at radius 2 is 1.54 bits per heavy atom. The fraction of sp³-hybridized carbons (Fsp3) is 0.459. The zero-order valence-corrected chi connectivity index (χ0v) is 33.5. The first-order valence-electron chi connectivity index (χ1n) is 17.7. The molecule has 14 nitrogen and oxygen atoms in total. The highest BCUT2D eigenvalue weighted by Crippen LogP contribution is 2.51. The Hall–Kier alpha value is -3.71. The third-order valence-corrected chi connectivity index (χ3v) is 12.6. The van der Waals surface area contributed by atoms with Gasteiger partial charge in [-0.25, -0.2) is 5.84 Å². The van der Waals surface area contributed by atoms with Crippen molar-refractivity contribution in [1.82, 2.24) is 5.43 Å². The van der Waals surface area contributed by atoms with E-state index in [0.29, 0.717) is 30.6 Å². The molecule has 0 saturated carbocycles. The number of benzene rings is 2. The Labute approximate surface area is 318 Å². The van der Waals surface area contributed by atoms with Crippen LogP contribution in [0, 0.1) is 6.92 Å². The Morgan fingerprint density at radius 3 is 2.19 bits per heavy atom. The van der Waals surface area contributed by atoms with E-state index in [1.807, 2.05) is 67.9 Å². The number of fused-ring (bicyclic) bond motifs is 2. The highest BCUT2D eigenvalue weighted by atomic mass is 32.2. The van der Waals surface area contributed by atoms with Crippen LogP contribution in [-0.4, -0.2) is 79.7 Å². The number of unbranched alkanes of at least 4 members (excludes halogenated alkanes) is 2. The van der Waals surface area contributed by atoms with Crippen molar-refractivity contribution in [1.29, 1.82) is 0 Å². The third kappa shape index (κ3) is 10.5. The Bertz CT molecular complexity index is 2210. The van der Waals surface area contributed by atoms with Crippen LogP contribution in [0.1, 0.15) is 82.4 Å². The minimum absolute atomic E-state index is 0.0972. The molecule has 0 aromatic heterocycles. The summed E-state index contributed by atoms with van der Waals surface area (Å²) < 4.78 is 101. The highest BCUT2D eigenvalue weighted by Gasteiger charge is 2.45. The summed E-state index contributed by atoms with van der Waals surface area (Å²) in [7, 11) is -12.9. The van der Waals surface area contributed by atoms with Crippen LogP contribution in [0.2, 0.25) is 0 Å². The van der Waals surface area contributed by atoms with Crippen molar-refractivity contribution >= 4 is 53.3 Å². The summed E-state index contributed by atoms with van der Waals surface area (Å²) in [5, 5.41) is 0. The maximum atomic E-state index is 12.0. The number of anilines is 1. The monoisotopic (exact) mass is 807 g/mol. The molecule has 54 heavy (non-hydrogen) atoms. The summed E-state index contributed by atoms with van der Waals surface area (Å²) in [6.07, 6.45) is 13.0. The number of hydrogen-bond donors (Lipinski definition) is 5. The molecular weight excluding hydrogens is 757 g/mol. The molecule has 0 aliphatic carbocycles. The van der Waals surface area contributed by atoms with Crippen LogP contribution >= 0.6 is 0 Å². The van der Waals surface area contributed by atoms with Gasteiger partial charge in [-0.15, -0.1) is 0 Å². The topological polar surface area (TPSA) is 224 Å².